The number of urea groups is 1. The second kappa shape index (κ2) is 5.01. The van der Waals surface area contributed by atoms with Crippen LogP contribution in [0.1, 0.15) is 0 Å². The number of rotatable bonds is 3. The van der Waals surface area contributed by atoms with Gasteiger partial charge in [0.1, 0.15) is 0 Å². The van der Waals surface area contributed by atoms with Crippen LogP contribution in [0.5, 0.6) is 0 Å². The Morgan fingerprint density at radius 1 is 1.29 bits per heavy atom. The van der Waals surface area contributed by atoms with Gasteiger partial charge in [-0.1, -0.05) is 12.8 Å². The molecule has 2 N–H and O–H groups in total. The first-order chi connectivity index (χ1) is 7.86. The summed E-state index contributed by atoms with van der Waals surface area (Å²) in [7, 11) is -4.05. The molecular weight excluding hydrogens is 270 g/mol. The van der Waals surface area contributed by atoms with Crippen LogP contribution in [0, 0.1) is 10.1 Å². The number of non-ortho nitro benzene ring substituents is 1. The molecule has 0 fully saturated rings. The van der Waals surface area contributed by atoms with Crippen molar-refractivity contribution in [2.75, 3.05) is 0 Å². The molecule has 0 bridgehead atoms. The van der Waals surface area contributed by atoms with Gasteiger partial charge in [-0.05, 0) is 12.1 Å². The smallest absolute Gasteiger partial charge is 0.284 e. The molecule has 92 valence electrons. The number of carbonyl (C=O) groups is 1. The van der Waals surface area contributed by atoms with Crippen LogP contribution >= 0.6 is 12.8 Å². The monoisotopic (exact) mass is 277 g/mol. The quantitative estimate of drug-likeness (QED) is 0.420. The number of nitro benzene ring substituents is 1. The van der Waals surface area contributed by atoms with Gasteiger partial charge in [-0.25, -0.2) is 17.9 Å². The summed E-state index contributed by atoms with van der Waals surface area (Å²) in [5.41, 5.74) is -0.248. The Morgan fingerprint density at radius 2 is 1.82 bits per heavy atom. The number of carbonyl (C=O) groups excluding carboxylic acids is 1. The molecule has 1 aromatic rings. The van der Waals surface area contributed by atoms with E-state index in [9.17, 15) is 23.3 Å². The molecule has 0 radical (unpaired) electrons. The van der Waals surface area contributed by atoms with E-state index in [1.54, 1.807) is 9.44 Å². The first kappa shape index (κ1) is 13.3. The maximum Gasteiger partial charge on any atom is 0.338 e. The largest absolute Gasteiger partial charge is 0.338 e. The van der Waals surface area contributed by atoms with Crippen LogP contribution in [0.3, 0.4) is 0 Å². The number of nitrogens with one attached hydrogen (secondary N) is 2. The van der Waals surface area contributed by atoms with E-state index in [0.717, 1.165) is 24.3 Å². The normalized spacial score (nSPS) is 10.6. The molecule has 1 rings (SSSR count). The number of benzene rings is 1. The number of nitro groups is 1. The highest BCUT2D eigenvalue weighted by Crippen LogP contribution is 2.15. The minimum Gasteiger partial charge on any atom is -0.284 e. The van der Waals surface area contributed by atoms with Gasteiger partial charge in [-0.15, -0.1) is 0 Å². The highest BCUT2D eigenvalue weighted by molar-refractivity contribution is 7.90. The molecule has 17 heavy (non-hydrogen) atoms. The molecule has 2 amide bonds. The number of hydrogen-bond acceptors (Lipinski definition) is 6. The van der Waals surface area contributed by atoms with Crippen molar-refractivity contribution < 1.29 is 18.1 Å². The lowest BCUT2D eigenvalue weighted by atomic mass is 10.3. The number of nitrogens with zero attached hydrogens (tertiary/aromatic N) is 1. The number of sulfonamides is 1. The second-order valence-electron chi connectivity index (χ2n) is 2.80. The summed E-state index contributed by atoms with van der Waals surface area (Å²) >= 11 is 3.37. The van der Waals surface area contributed by atoms with Crippen LogP contribution in [-0.2, 0) is 10.0 Å². The van der Waals surface area contributed by atoms with Crippen molar-refractivity contribution in [3.8, 4) is 0 Å². The predicted octanol–water partition coefficient (Wildman–Crippen LogP) is 0.428. The van der Waals surface area contributed by atoms with Gasteiger partial charge in [0.05, 0.1) is 9.82 Å². The lowest BCUT2D eigenvalue weighted by Crippen LogP contribution is -2.35. The van der Waals surface area contributed by atoms with Crippen molar-refractivity contribution in [2.24, 2.45) is 0 Å². The van der Waals surface area contributed by atoms with Crippen molar-refractivity contribution in [2.45, 2.75) is 4.90 Å². The first-order valence-electron chi connectivity index (χ1n) is 4.08. The molecule has 0 aromatic heterocycles. The molecule has 1 aromatic carbocycles. The van der Waals surface area contributed by atoms with E-state index in [1.807, 2.05) is 0 Å². The molecule has 10 heteroatoms. The highest BCUT2D eigenvalue weighted by atomic mass is 32.2. The molecule has 0 saturated heterocycles. The lowest BCUT2D eigenvalue weighted by Gasteiger charge is -2.05. The average molecular weight is 277 g/mol. The van der Waals surface area contributed by atoms with Crippen LogP contribution in [0.25, 0.3) is 0 Å². The Labute approximate surface area is 102 Å². The first-order valence-corrected chi connectivity index (χ1v) is 6.01. The summed E-state index contributed by atoms with van der Waals surface area (Å²) in [6.07, 6.45) is 0. The van der Waals surface area contributed by atoms with Crippen LogP contribution in [0.15, 0.2) is 29.2 Å². The van der Waals surface area contributed by atoms with Gasteiger partial charge in [0.15, 0.2) is 0 Å². The summed E-state index contributed by atoms with van der Waals surface area (Å²) < 4.78 is 26.4. The van der Waals surface area contributed by atoms with Crippen molar-refractivity contribution in [1.29, 1.82) is 0 Å². The molecule has 0 saturated carbocycles. The third-order valence-corrected chi connectivity index (χ3v) is 3.24. The van der Waals surface area contributed by atoms with Gasteiger partial charge in [0.2, 0.25) is 0 Å². The SMILES string of the molecule is O=C(NS)NS(=O)(=O)c1ccc([N+](=O)[O-])cc1. The minimum atomic E-state index is -4.05. The fraction of sp³-hybridized carbons (Fsp3) is 0. The summed E-state index contributed by atoms with van der Waals surface area (Å²) in [6.45, 7) is 0. The summed E-state index contributed by atoms with van der Waals surface area (Å²) in [6, 6.07) is 3.06. The number of amides is 2. The van der Waals surface area contributed by atoms with E-state index in [4.69, 9.17) is 0 Å². The maximum absolute atomic E-state index is 11.5. The van der Waals surface area contributed by atoms with E-state index in [0.29, 0.717) is 0 Å². The zero-order valence-corrected chi connectivity index (χ0v) is 9.86. The molecular formula is C7H7N3O5S2. The van der Waals surface area contributed by atoms with Gasteiger partial charge in [-0.2, -0.15) is 0 Å². The standard InChI is InChI=1S/C7H7N3O5S2/c11-7(8-16)9-17(14,15)6-3-1-5(2-4-6)10(12)13/h1-4,16H,(H2,8,9,11). The van der Waals surface area contributed by atoms with Crippen molar-refractivity contribution in [3.63, 3.8) is 0 Å². The Bertz CT molecular complexity index is 539. The maximum atomic E-state index is 11.5. The van der Waals surface area contributed by atoms with Crippen LogP contribution in [0.4, 0.5) is 10.5 Å². The number of hydrogen-bond donors (Lipinski definition) is 3. The average Bonchev–Trinajstić information content (AvgIpc) is 2.28. The molecule has 0 unspecified atom stereocenters. The molecule has 0 aliphatic carbocycles. The zero-order chi connectivity index (χ0) is 13.1. The van der Waals surface area contributed by atoms with Crippen molar-refractivity contribution >= 4 is 34.6 Å². The fourth-order valence-corrected chi connectivity index (χ4v) is 1.99. The predicted molar refractivity (Wildman–Crippen MR) is 60.9 cm³/mol. The highest BCUT2D eigenvalue weighted by Gasteiger charge is 2.17. The minimum absolute atomic E-state index is 0.248. The van der Waals surface area contributed by atoms with Gasteiger partial charge >= 0.3 is 6.03 Å². The molecule has 0 aliphatic rings. The van der Waals surface area contributed by atoms with Crippen molar-refractivity contribution in [1.82, 2.24) is 9.44 Å². The van der Waals surface area contributed by atoms with Gasteiger partial charge in [0.25, 0.3) is 15.7 Å². The fourth-order valence-electron chi connectivity index (χ4n) is 0.951. The van der Waals surface area contributed by atoms with Gasteiger partial charge in [0, 0.05) is 12.1 Å². The van der Waals surface area contributed by atoms with E-state index in [2.05, 4.69) is 12.8 Å². The Kier molecular flexibility index (Phi) is 3.91. The summed E-state index contributed by atoms with van der Waals surface area (Å²) in [5.74, 6) is 0. The topological polar surface area (TPSA) is 118 Å². The van der Waals surface area contributed by atoms with E-state index in [1.165, 1.54) is 0 Å². The van der Waals surface area contributed by atoms with E-state index in [-0.39, 0.29) is 10.6 Å². The lowest BCUT2D eigenvalue weighted by molar-refractivity contribution is -0.384. The Hall–Kier alpha value is -1.81. The van der Waals surface area contributed by atoms with Crippen LogP contribution < -0.4 is 9.44 Å². The van der Waals surface area contributed by atoms with E-state index >= 15 is 0 Å². The third kappa shape index (κ3) is 3.32. The second-order valence-corrected chi connectivity index (χ2v) is 4.70. The van der Waals surface area contributed by atoms with E-state index < -0.39 is 21.0 Å². The zero-order valence-electron chi connectivity index (χ0n) is 8.15. The molecule has 0 spiro atoms. The molecule has 8 nitrogen and oxygen atoms in total. The molecule has 0 heterocycles. The Balaban J connectivity index is 3.00. The molecule has 0 aliphatic heterocycles. The summed E-state index contributed by atoms with van der Waals surface area (Å²) in [4.78, 5) is 20.2. The van der Waals surface area contributed by atoms with Crippen molar-refractivity contribution in [3.05, 3.63) is 34.4 Å². The van der Waals surface area contributed by atoms with Crippen LogP contribution in [0.2, 0.25) is 0 Å². The van der Waals surface area contributed by atoms with Crippen LogP contribution in [-0.4, -0.2) is 19.4 Å². The summed E-state index contributed by atoms with van der Waals surface area (Å²) in [5, 5.41) is 10.4. The molecule has 0 atom stereocenters. The number of thiol groups is 1. The van der Waals surface area contributed by atoms with Gasteiger partial charge < -0.3 is 0 Å². The Morgan fingerprint density at radius 3 is 2.24 bits per heavy atom. The van der Waals surface area contributed by atoms with Gasteiger partial charge in [-0.3, -0.25) is 14.8 Å². The third-order valence-electron chi connectivity index (χ3n) is 1.69.